The average molecular weight is 277 g/mol. The molecule has 3 atom stereocenters. The van der Waals surface area contributed by atoms with Gasteiger partial charge in [-0.15, -0.1) is 0 Å². The molecule has 0 radical (unpaired) electrons. The fourth-order valence-electron chi connectivity index (χ4n) is 2.24. The molecule has 1 aromatic carbocycles. The maximum absolute atomic E-state index is 12.0. The van der Waals surface area contributed by atoms with E-state index in [9.17, 15) is 4.79 Å². The molecule has 0 spiro atoms. The van der Waals surface area contributed by atoms with Gasteiger partial charge in [0.1, 0.15) is 5.75 Å². The standard InChI is InChI=1S/C16H23NO3/c1-4-11(2)17-16(18)15-9-14(15)12-5-7-13(8-6-12)20-10-19-3/h5-8,11,14-15H,4,9-10H2,1-3H3,(H,17,18). The van der Waals surface area contributed by atoms with Gasteiger partial charge in [0.15, 0.2) is 6.79 Å². The normalized spacial score (nSPS) is 22.1. The van der Waals surface area contributed by atoms with Gasteiger partial charge in [-0.2, -0.15) is 0 Å². The number of carbonyl (C=O) groups excluding carboxylic acids is 1. The summed E-state index contributed by atoms with van der Waals surface area (Å²) in [5.41, 5.74) is 1.21. The molecule has 4 heteroatoms. The number of amides is 1. The highest BCUT2D eigenvalue weighted by molar-refractivity contribution is 5.83. The van der Waals surface area contributed by atoms with Gasteiger partial charge < -0.3 is 14.8 Å². The van der Waals surface area contributed by atoms with Crippen molar-refractivity contribution >= 4 is 5.91 Å². The van der Waals surface area contributed by atoms with E-state index in [0.717, 1.165) is 18.6 Å². The summed E-state index contributed by atoms with van der Waals surface area (Å²) in [7, 11) is 1.60. The molecule has 0 aromatic heterocycles. The summed E-state index contributed by atoms with van der Waals surface area (Å²) in [6, 6.07) is 8.18. The number of ether oxygens (including phenoxy) is 2. The first-order valence-electron chi connectivity index (χ1n) is 7.17. The van der Waals surface area contributed by atoms with Gasteiger partial charge in [0.2, 0.25) is 5.91 Å². The number of rotatable bonds is 7. The molecule has 1 amide bonds. The van der Waals surface area contributed by atoms with Crippen molar-refractivity contribution in [2.45, 2.75) is 38.6 Å². The van der Waals surface area contributed by atoms with Crippen molar-refractivity contribution in [2.24, 2.45) is 5.92 Å². The Bertz CT molecular complexity index is 444. The zero-order valence-corrected chi connectivity index (χ0v) is 12.4. The minimum absolute atomic E-state index is 0.134. The number of hydrogen-bond acceptors (Lipinski definition) is 3. The van der Waals surface area contributed by atoms with Gasteiger partial charge in [-0.1, -0.05) is 19.1 Å². The molecule has 110 valence electrons. The zero-order chi connectivity index (χ0) is 14.5. The highest BCUT2D eigenvalue weighted by Crippen LogP contribution is 2.47. The molecule has 1 aromatic rings. The Morgan fingerprint density at radius 3 is 2.70 bits per heavy atom. The van der Waals surface area contributed by atoms with Crippen LogP contribution < -0.4 is 10.1 Å². The third-order valence-electron chi connectivity index (χ3n) is 3.78. The molecule has 1 aliphatic rings. The van der Waals surface area contributed by atoms with Crippen molar-refractivity contribution < 1.29 is 14.3 Å². The summed E-state index contributed by atoms with van der Waals surface area (Å²) in [5.74, 6) is 1.46. The molecule has 0 saturated heterocycles. The van der Waals surface area contributed by atoms with E-state index >= 15 is 0 Å². The lowest BCUT2D eigenvalue weighted by Crippen LogP contribution is -2.33. The van der Waals surface area contributed by atoms with Crippen molar-refractivity contribution in [1.29, 1.82) is 0 Å². The van der Waals surface area contributed by atoms with Crippen molar-refractivity contribution in [3.8, 4) is 5.75 Å². The summed E-state index contributed by atoms with van der Waals surface area (Å²) in [6.45, 7) is 4.37. The minimum atomic E-state index is 0.134. The molecule has 0 heterocycles. The fraction of sp³-hybridized carbons (Fsp3) is 0.562. The smallest absolute Gasteiger partial charge is 0.223 e. The predicted octanol–water partition coefficient (Wildman–Crippen LogP) is 2.69. The Hall–Kier alpha value is -1.55. The maximum Gasteiger partial charge on any atom is 0.223 e. The van der Waals surface area contributed by atoms with Crippen LogP contribution in [0.4, 0.5) is 0 Å². The van der Waals surface area contributed by atoms with E-state index in [0.29, 0.717) is 5.92 Å². The largest absolute Gasteiger partial charge is 0.468 e. The summed E-state index contributed by atoms with van der Waals surface area (Å²) < 4.78 is 10.2. The Morgan fingerprint density at radius 1 is 1.40 bits per heavy atom. The third-order valence-corrected chi connectivity index (χ3v) is 3.78. The van der Waals surface area contributed by atoms with Crippen molar-refractivity contribution in [2.75, 3.05) is 13.9 Å². The van der Waals surface area contributed by atoms with E-state index in [1.54, 1.807) is 7.11 Å². The molecule has 1 N–H and O–H groups in total. The van der Waals surface area contributed by atoms with Crippen LogP contribution in [0.5, 0.6) is 5.75 Å². The van der Waals surface area contributed by atoms with Gasteiger partial charge in [0.25, 0.3) is 0 Å². The molecule has 20 heavy (non-hydrogen) atoms. The van der Waals surface area contributed by atoms with Crippen LogP contribution in [0.2, 0.25) is 0 Å². The Morgan fingerprint density at radius 2 is 2.10 bits per heavy atom. The van der Waals surface area contributed by atoms with E-state index in [1.807, 2.05) is 31.2 Å². The van der Waals surface area contributed by atoms with Crippen LogP contribution >= 0.6 is 0 Å². The fourth-order valence-corrected chi connectivity index (χ4v) is 2.24. The van der Waals surface area contributed by atoms with E-state index in [1.165, 1.54) is 5.56 Å². The van der Waals surface area contributed by atoms with Crippen LogP contribution in [0.15, 0.2) is 24.3 Å². The molecule has 1 fully saturated rings. The van der Waals surface area contributed by atoms with Crippen LogP contribution in [0.1, 0.15) is 38.2 Å². The van der Waals surface area contributed by atoms with Gasteiger partial charge in [-0.05, 0) is 43.4 Å². The molecule has 3 unspecified atom stereocenters. The zero-order valence-electron chi connectivity index (χ0n) is 12.4. The quantitative estimate of drug-likeness (QED) is 0.779. The van der Waals surface area contributed by atoms with Crippen molar-refractivity contribution in [1.82, 2.24) is 5.32 Å². The SMILES string of the molecule is CCC(C)NC(=O)C1CC1c1ccc(OCOC)cc1. The van der Waals surface area contributed by atoms with E-state index < -0.39 is 0 Å². The molecule has 0 aliphatic heterocycles. The highest BCUT2D eigenvalue weighted by atomic mass is 16.7. The van der Waals surface area contributed by atoms with Crippen LogP contribution in [-0.2, 0) is 9.53 Å². The van der Waals surface area contributed by atoms with Crippen molar-refractivity contribution in [3.63, 3.8) is 0 Å². The van der Waals surface area contributed by atoms with Gasteiger partial charge in [-0.25, -0.2) is 0 Å². The molecular formula is C16H23NO3. The minimum Gasteiger partial charge on any atom is -0.468 e. The lowest BCUT2D eigenvalue weighted by atomic mass is 10.1. The van der Waals surface area contributed by atoms with E-state index in [2.05, 4.69) is 12.2 Å². The molecule has 1 aliphatic carbocycles. The summed E-state index contributed by atoms with van der Waals surface area (Å²) in [6.07, 6.45) is 1.91. The first-order valence-corrected chi connectivity index (χ1v) is 7.17. The molecule has 4 nitrogen and oxygen atoms in total. The number of benzene rings is 1. The second-order valence-corrected chi connectivity index (χ2v) is 5.39. The Kier molecular flexibility index (Phi) is 5.01. The monoisotopic (exact) mass is 277 g/mol. The maximum atomic E-state index is 12.0. The molecular weight excluding hydrogens is 254 g/mol. The Balaban J connectivity index is 1.86. The van der Waals surface area contributed by atoms with Gasteiger partial charge >= 0.3 is 0 Å². The summed E-state index contributed by atoms with van der Waals surface area (Å²) in [4.78, 5) is 12.0. The number of carbonyl (C=O) groups is 1. The Labute approximate surface area is 120 Å². The van der Waals surface area contributed by atoms with Crippen molar-refractivity contribution in [3.05, 3.63) is 29.8 Å². The predicted molar refractivity (Wildman–Crippen MR) is 77.7 cm³/mol. The first kappa shape index (κ1) is 14.9. The van der Waals surface area contributed by atoms with E-state index in [4.69, 9.17) is 9.47 Å². The summed E-state index contributed by atoms with van der Waals surface area (Å²) >= 11 is 0. The molecule has 0 bridgehead atoms. The van der Waals surface area contributed by atoms with Gasteiger partial charge in [-0.3, -0.25) is 4.79 Å². The topological polar surface area (TPSA) is 47.6 Å². The third kappa shape index (κ3) is 3.73. The lowest BCUT2D eigenvalue weighted by molar-refractivity contribution is -0.123. The molecule has 2 rings (SSSR count). The summed E-state index contributed by atoms with van der Waals surface area (Å²) in [5, 5.41) is 3.05. The second kappa shape index (κ2) is 6.75. The van der Waals surface area contributed by atoms with Crippen LogP contribution in [0.25, 0.3) is 0 Å². The lowest BCUT2D eigenvalue weighted by Gasteiger charge is -2.11. The molecule has 1 saturated carbocycles. The van der Waals surface area contributed by atoms with Crippen LogP contribution in [0.3, 0.4) is 0 Å². The highest BCUT2D eigenvalue weighted by Gasteiger charge is 2.43. The van der Waals surface area contributed by atoms with Gasteiger partial charge in [0, 0.05) is 19.1 Å². The number of nitrogens with one attached hydrogen (secondary N) is 1. The van der Waals surface area contributed by atoms with E-state index in [-0.39, 0.29) is 24.7 Å². The first-order chi connectivity index (χ1) is 9.65. The van der Waals surface area contributed by atoms with Gasteiger partial charge in [0.05, 0.1) is 0 Å². The average Bonchev–Trinajstić information content (AvgIpc) is 3.26. The number of methoxy groups -OCH3 is 1. The second-order valence-electron chi connectivity index (χ2n) is 5.39. The van der Waals surface area contributed by atoms with Crippen LogP contribution in [0, 0.1) is 5.92 Å². The number of hydrogen-bond donors (Lipinski definition) is 1. The van der Waals surface area contributed by atoms with Crippen LogP contribution in [-0.4, -0.2) is 25.9 Å².